The molecule has 2 aromatic rings. The van der Waals surface area contributed by atoms with Crippen molar-refractivity contribution >= 4 is 11.4 Å². The molecule has 0 heterocycles. The fraction of sp³-hybridized carbons (Fsp3) is 0.481. The normalized spacial score (nSPS) is 22.7. The number of halogens is 1. The van der Waals surface area contributed by atoms with E-state index in [4.69, 9.17) is 14.4 Å². The molecule has 0 N–H and O–H groups in total. The number of oxime groups is 2. The average molecular weight is 457 g/mol. The molecule has 0 amide bonds. The van der Waals surface area contributed by atoms with Crippen LogP contribution in [0.5, 0.6) is 5.75 Å². The lowest BCUT2D eigenvalue weighted by atomic mass is 9.61. The van der Waals surface area contributed by atoms with Gasteiger partial charge in [-0.15, -0.1) is 0 Å². The number of rotatable bonds is 10. The van der Waals surface area contributed by atoms with Gasteiger partial charge in [0.1, 0.15) is 42.7 Å². The molecule has 0 aliphatic heterocycles. The summed E-state index contributed by atoms with van der Waals surface area (Å²) in [6.45, 7) is 10.8. The summed E-state index contributed by atoms with van der Waals surface area (Å²) in [5.41, 5.74) is 2.55. The van der Waals surface area contributed by atoms with Crippen LogP contribution in [0.1, 0.15) is 65.2 Å². The highest BCUT2D eigenvalue weighted by Gasteiger charge is 2.52. The second-order valence-corrected chi connectivity index (χ2v) is 8.27. The zero-order valence-corrected chi connectivity index (χ0v) is 19.6. The summed E-state index contributed by atoms with van der Waals surface area (Å²) in [7, 11) is 0. The predicted molar refractivity (Wildman–Crippen MR) is 133 cm³/mol. The van der Waals surface area contributed by atoms with Crippen molar-refractivity contribution in [3.8, 4) is 5.75 Å². The summed E-state index contributed by atoms with van der Waals surface area (Å²) in [5.74, 6) is 0.807. The summed E-state index contributed by atoms with van der Waals surface area (Å²) < 4.78 is 21.4. The molecular weight excluding hydrogens is 419 g/mol. The molecule has 0 spiro atoms. The molecule has 5 nitrogen and oxygen atoms in total. The maximum absolute atomic E-state index is 15.4. The second-order valence-electron chi connectivity index (χ2n) is 8.27. The monoisotopic (exact) mass is 456 g/mol. The predicted octanol–water partition coefficient (Wildman–Crippen LogP) is 6.90. The summed E-state index contributed by atoms with van der Waals surface area (Å²) in [4.78, 5) is 10.4. The highest BCUT2D eigenvalue weighted by Crippen LogP contribution is 2.54. The Morgan fingerprint density at radius 1 is 1.00 bits per heavy atom. The minimum atomic E-state index is -1.24. The lowest BCUT2D eigenvalue weighted by Crippen LogP contribution is -2.46. The molecule has 3 rings (SSSR count). The van der Waals surface area contributed by atoms with E-state index < -0.39 is 5.67 Å². The van der Waals surface area contributed by atoms with Crippen LogP contribution in [0.15, 0.2) is 58.8 Å². The Balaban J connectivity index is 0.00000385. The van der Waals surface area contributed by atoms with Gasteiger partial charge in [-0.1, -0.05) is 49.8 Å². The minimum Gasteiger partial charge on any atom is -0.489 e. The fourth-order valence-electron chi connectivity index (χ4n) is 4.20. The van der Waals surface area contributed by atoms with Crippen LogP contribution in [0.2, 0.25) is 0 Å². The van der Waals surface area contributed by atoms with Crippen molar-refractivity contribution in [2.45, 2.75) is 60.7 Å². The molecule has 2 atom stereocenters. The lowest BCUT2D eigenvalue weighted by molar-refractivity contribution is -0.0731. The van der Waals surface area contributed by atoms with Crippen molar-refractivity contribution in [3.05, 3.63) is 65.2 Å². The van der Waals surface area contributed by atoms with Crippen LogP contribution in [-0.2, 0) is 22.0 Å². The number of benzene rings is 2. The average Bonchev–Trinajstić information content (AvgIpc) is 2.82. The van der Waals surface area contributed by atoms with E-state index in [-0.39, 0.29) is 19.3 Å². The third kappa shape index (κ3) is 5.92. The van der Waals surface area contributed by atoms with Gasteiger partial charge in [0.05, 0.1) is 0 Å². The molecule has 180 valence electrons. The van der Waals surface area contributed by atoms with Crippen molar-refractivity contribution in [2.75, 3.05) is 13.2 Å². The molecule has 2 unspecified atom stereocenters. The van der Waals surface area contributed by atoms with Crippen LogP contribution in [0.25, 0.3) is 0 Å². The molecule has 2 aromatic carbocycles. The molecular formula is C27H37FN2O3. The van der Waals surface area contributed by atoms with E-state index in [2.05, 4.69) is 10.3 Å². The van der Waals surface area contributed by atoms with Gasteiger partial charge in [0.25, 0.3) is 0 Å². The summed E-state index contributed by atoms with van der Waals surface area (Å²) in [6.07, 6.45) is 0.924. The van der Waals surface area contributed by atoms with Crippen LogP contribution < -0.4 is 4.74 Å². The van der Waals surface area contributed by atoms with E-state index in [9.17, 15) is 0 Å². The standard InChI is InChI=1S/C26H33FN2O3.CH4/c1-6-31-28-20(5)25(29-32-7-2)22-11-13-24(14-12-22)30-17-21-9-8-10-23(16-21)26(27)18(3)15-19(26)4;/h8-14,16,18-19H,6-7,15,17H2,1-5H3;1H4/b28-20+,29-25-;. The molecule has 1 aliphatic rings. The molecule has 1 saturated carbocycles. The summed E-state index contributed by atoms with van der Waals surface area (Å²) >= 11 is 0. The molecule has 1 fully saturated rings. The summed E-state index contributed by atoms with van der Waals surface area (Å²) in [5, 5.41) is 8.24. The molecule has 0 aromatic heterocycles. The maximum atomic E-state index is 15.4. The molecule has 1 aliphatic carbocycles. The third-order valence-electron chi connectivity index (χ3n) is 6.00. The van der Waals surface area contributed by atoms with Gasteiger partial charge in [0.2, 0.25) is 0 Å². The first kappa shape index (κ1) is 26.4. The Morgan fingerprint density at radius 2 is 1.64 bits per heavy atom. The summed E-state index contributed by atoms with van der Waals surface area (Å²) in [6, 6.07) is 15.3. The van der Waals surface area contributed by atoms with Gasteiger partial charge < -0.3 is 14.4 Å². The number of hydrogen-bond donors (Lipinski definition) is 0. The van der Waals surface area contributed by atoms with Crippen LogP contribution >= 0.6 is 0 Å². The van der Waals surface area contributed by atoms with Crippen LogP contribution in [-0.4, -0.2) is 24.6 Å². The van der Waals surface area contributed by atoms with E-state index in [0.717, 1.165) is 28.9 Å². The number of nitrogens with zero attached hydrogens (tertiary/aromatic N) is 2. The van der Waals surface area contributed by atoms with E-state index in [1.165, 1.54) is 0 Å². The van der Waals surface area contributed by atoms with Crippen LogP contribution in [0.4, 0.5) is 4.39 Å². The fourth-order valence-corrected chi connectivity index (χ4v) is 4.20. The van der Waals surface area contributed by atoms with Gasteiger partial charge in [0, 0.05) is 5.56 Å². The van der Waals surface area contributed by atoms with E-state index in [0.29, 0.717) is 31.2 Å². The second kappa shape index (κ2) is 11.8. The minimum absolute atomic E-state index is 0. The highest BCUT2D eigenvalue weighted by atomic mass is 19.1. The Kier molecular flexibility index (Phi) is 9.44. The van der Waals surface area contributed by atoms with Crippen molar-refractivity contribution in [3.63, 3.8) is 0 Å². The van der Waals surface area contributed by atoms with Crippen LogP contribution in [0, 0.1) is 11.8 Å². The van der Waals surface area contributed by atoms with Crippen molar-refractivity contribution in [2.24, 2.45) is 22.1 Å². The number of hydrogen-bond acceptors (Lipinski definition) is 5. The molecule has 6 heteroatoms. The number of alkyl halides is 1. The van der Waals surface area contributed by atoms with Gasteiger partial charge in [-0.3, -0.25) is 0 Å². The smallest absolute Gasteiger partial charge is 0.141 e. The van der Waals surface area contributed by atoms with Gasteiger partial charge in [-0.05, 0) is 80.5 Å². The Hall–Kier alpha value is -2.89. The van der Waals surface area contributed by atoms with Gasteiger partial charge >= 0.3 is 0 Å². The molecule has 33 heavy (non-hydrogen) atoms. The van der Waals surface area contributed by atoms with Gasteiger partial charge in [0.15, 0.2) is 0 Å². The Morgan fingerprint density at radius 3 is 2.24 bits per heavy atom. The third-order valence-corrected chi connectivity index (χ3v) is 6.00. The first-order valence-electron chi connectivity index (χ1n) is 11.3. The number of ether oxygens (including phenoxy) is 1. The zero-order valence-electron chi connectivity index (χ0n) is 19.6. The van der Waals surface area contributed by atoms with E-state index in [1.54, 1.807) is 0 Å². The van der Waals surface area contributed by atoms with E-state index >= 15 is 4.39 Å². The van der Waals surface area contributed by atoms with Crippen LogP contribution in [0.3, 0.4) is 0 Å². The molecule has 0 saturated heterocycles. The first-order chi connectivity index (χ1) is 15.4. The largest absolute Gasteiger partial charge is 0.489 e. The van der Waals surface area contributed by atoms with Gasteiger partial charge in [-0.2, -0.15) is 0 Å². The van der Waals surface area contributed by atoms with Gasteiger partial charge in [-0.25, -0.2) is 4.39 Å². The topological polar surface area (TPSA) is 52.4 Å². The molecule has 0 bridgehead atoms. The van der Waals surface area contributed by atoms with Crippen molar-refractivity contribution < 1.29 is 18.8 Å². The SMILES string of the molecule is C.CCO/N=C(C)/C(=N/OCC)c1ccc(OCc2cccc(C3(F)C(C)CC3C)c2)cc1. The Labute approximate surface area is 197 Å². The van der Waals surface area contributed by atoms with Crippen molar-refractivity contribution in [1.82, 2.24) is 0 Å². The molecule has 0 radical (unpaired) electrons. The zero-order chi connectivity index (χ0) is 23.1. The van der Waals surface area contributed by atoms with E-state index in [1.807, 2.05) is 83.1 Å². The lowest BCUT2D eigenvalue weighted by Gasteiger charge is -2.48. The Bertz CT molecular complexity index is 948. The maximum Gasteiger partial charge on any atom is 0.141 e. The van der Waals surface area contributed by atoms with Crippen molar-refractivity contribution in [1.29, 1.82) is 0 Å². The first-order valence-corrected chi connectivity index (χ1v) is 11.3. The quantitative estimate of drug-likeness (QED) is 0.289. The highest BCUT2D eigenvalue weighted by molar-refractivity contribution is 6.47.